The summed E-state index contributed by atoms with van der Waals surface area (Å²) in [4.78, 5) is 35.3. The van der Waals surface area contributed by atoms with Crippen molar-refractivity contribution in [1.29, 1.82) is 0 Å². The Morgan fingerprint density at radius 1 is 1.06 bits per heavy atom. The second-order valence-electron chi connectivity index (χ2n) is 8.66. The van der Waals surface area contributed by atoms with Crippen molar-refractivity contribution in [2.24, 2.45) is 0 Å². The average molecular weight is 470 g/mol. The summed E-state index contributed by atoms with van der Waals surface area (Å²) in [7, 11) is 0. The SMILES string of the molecule is CCCc1nc2ccc(N3CCCNC3=O)nc2n1Cc1ccc(-c2ccccc2C(=O)O)cc1. The fourth-order valence-corrected chi connectivity index (χ4v) is 4.51. The molecule has 8 nitrogen and oxygen atoms in total. The lowest BCUT2D eigenvalue weighted by molar-refractivity contribution is 0.0697. The zero-order valence-corrected chi connectivity index (χ0v) is 19.6. The number of nitrogens with zero attached hydrogens (tertiary/aromatic N) is 4. The van der Waals surface area contributed by atoms with Gasteiger partial charge in [-0.1, -0.05) is 49.4 Å². The predicted molar refractivity (Wildman–Crippen MR) is 135 cm³/mol. The molecule has 0 aliphatic carbocycles. The Hall–Kier alpha value is -4.20. The molecular weight excluding hydrogens is 442 g/mol. The number of carbonyl (C=O) groups excluding carboxylic acids is 1. The molecule has 0 radical (unpaired) electrons. The van der Waals surface area contributed by atoms with Crippen LogP contribution in [0.4, 0.5) is 10.6 Å². The molecule has 1 saturated heterocycles. The molecule has 35 heavy (non-hydrogen) atoms. The van der Waals surface area contributed by atoms with E-state index in [4.69, 9.17) is 9.97 Å². The van der Waals surface area contributed by atoms with Crippen LogP contribution in [0.2, 0.25) is 0 Å². The zero-order chi connectivity index (χ0) is 24.4. The van der Waals surface area contributed by atoms with Gasteiger partial charge in [-0.3, -0.25) is 4.90 Å². The standard InChI is InChI=1S/C27H27N5O3/c1-2-6-23-29-22-13-14-24(31-16-5-15-28-27(31)35)30-25(22)32(23)17-18-9-11-19(12-10-18)20-7-3-4-8-21(20)26(33)34/h3-4,7-14H,2,5-6,15-17H2,1H3,(H,28,35)(H,33,34). The number of imidazole rings is 1. The number of carboxylic acid groups (broad SMARTS) is 1. The quantitative estimate of drug-likeness (QED) is 0.408. The number of hydrogen-bond donors (Lipinski definition) is 2. The third-order valence-corrected chi connectivity index (χ3v) is 6.25. The van der Waals surface area contributed by atoms with Crippen LogP contribution in [-0.2, 0) is 13.0 Å². The normalized spacial score (nSPS) is 13.7. The second-order valence-corrected chi connectivity index (χ2v) is 8.66. The Morgan fingerprint density at radius 2 is 1.86 bits per heavy atom. The first-order valence-electron chi connectivity index (χ1n) is 11.9. The van der Waals surface area contributed by atoms with E-state index in [1.807, 2.05) is 48.5 Å². The number of fused-ring (bicyclic) bond motifs is 1. The van der Waals surface area contributed by atoms with Gasteiger partial charge in [0.2, 0.25) is 0 Å². The molecule has 0 saturated carbocycles. The molecule has 0 unspecified atom stereocenters. The molecule has 2 amide bonds. The van der Waals surface area contributed by atoms with E-state index >= 15 is 0 Å². The number of nitrogens with one attached hydrogen (secondary N) is 1. The molecule has 3 heterocycles. The third kappa shape index (κ3) is 4.47. The van der Waals surface area contributed by atoms with Crippen LogP contribution in [0.5, 0.6) is 0 Å². The van der Waals surface area contributed by atoms with Crippen molar-refractivity contribution in [2.45, 2.75) is 32.7 Å². The van der Waals surface area contributed by atoms with Gasteiger partial charge in [0.15, 0.2) is 5.65 Å². The Bertz CT molecular complexity index is 1390. The highest BCUT2D eigenvalue weighted by Gasteiger charge is 2.22. The van der Waals surface area contributed by atoms with Gasteiger partial charge in [0.1, 0.15) is 17.2 Å². The van der Waals surface area contributed by atoms with Gasteiger partial charge in [-0.2, -0.15) is 0 Å². The lowest BCUT2D eigenvalue weighted by atomic mass is 9.99. The lowest BCUT2D eigenvalue weighted by Crippen LogP contribution is -2.46. The largest absolute Gasteiger partial charge is 0.478 e. The van der Waals surface area contributed by atoms with Crippen LogP contribution in [0.25, 0.3) is 22.3 Å². The molecule has 2 aromatic carbocycles. The maximum absolute atomic E-state index is 12.3. The molecule has 1 aliphatic heterocycles. The van der Waals surface area contributed by atoms with E-state index in [1.54, 1.807) is 17.0 Å². The molecule has 4 aromatic rings. The molecule has 1 aliphatic rings. The number of amides is 2. The Balaban J connectivity index is 1.49. The van der Waals surface area contributed by atoms with Crippen LogP contribution in [-0.4, -0.2) is 44.7 Å². The summed E-state index contributed by atoms with van der Waals surface area (Å²) in [6.45, 7) is 4.02. The number of aromatic nitrogens is 3. The number of pyridine rings is 1. The van der Waals surface area contributed by atoms with Crippen LogP contribution in [0.1, 0.15) is 41.5 Å². The van der Waals surface area contributed by atoms with Crippen molar-refractivity contribution in [3.63, 3.8) is 0 Å². The Morgan fingerprint density at radius 3 is 2.60 bits per heavy atom. The Kier molecular flexibility index (Phi) is 6.18. The van der Waals surface area contributed by atoms with E-state index in [2.05, 4.69) is 16.8 Å². The number of benzene rings is 2. The second kappa shape index (κ2) is 9.58. The molecular formula is C27H27N5O3. The molecule has 0 spiro atoms. The highest BCUT2D eigenvalue weighted by molar-refractivity contribution is 5.96. The molecule has 0 atom stereocenters. The smallest absolute Gasteiger partial charge is 0.336 e. The number of carbonyl (C=O) groups is 2. The number of carboxylic acids is 1. The molecule has 178 valence electrons. The van der Waals surface area contributed by atoms with E-state index < -0.39 is 5.97 Å². The molecule has 0 bridgehead atoms. The molecule has 2 N–H and O–H groups in total. The number of aromatic carboxylic acids is 1. The van der Waals surface area contributed by atoms with Gasteiger partial charge in [0.05, 0.1) is 12.1 Å². The van der Waals surface area contributed by atoms with E-state index in [-0.39, 0.29) is 11.6 Å². The summed E-state index contributed by atoms with van der Waals surface area (Å²) in [6, 6.07) is 18.6. The van der Waals surface area contributed by atoms with Crippen molar-refractivity contribution >= 4 is 29.0 Å². The van der Waals surface area contributed by atoms with Gasteiger partial charge in [-0.25, -0.2) is 19.6 Å². The van der Waals surface area contributed by atoms with Gasteiger partial charge in [-0.05, 0) is 47.7 Å². The average Bonchev–Trinajstić information content (AvgIpc) is 3.21. The Labute approximate surface area is 203 Å². The molecule has 2 aromatic heterocycles. The van der Waals surface area contributed by atoms with Crippen LogP contribution in [0, 0.1) is 0 Å². The summed E-state index contributed by atoms with van der Waals surface area (Å²) in [5, 5.41) is 12.4. The molecule has 8 heteroatoms. The first-order valence-corrected chi connectivity index (χ1v) is 11.9. The van der Waals surface area contributed by atoms with Crippen LogP contribution < -0.4 is 10.2 Å². The maximum atomic E-state index is 12.3. The van der Waals surface area contributed by atoms with Crippen molar-refractivity contribution < 1.29 is 14.7 Å². The van der Waals surface area contributed by atoms with Crippen LogP contribution >= 0.6 is 0 Å². The number of aryl methyl sites for hydroxylation is 1. The zero-order valence-electron chi connectivity index (χ0n) is 19.6. The van der Waals surface area contributed by atoms with Crippen molar-refractivity contribution in [1.82, 2.24) is 19.9 Å². The number of rotatable bonds is 7. The summed E-state index contributed by atoms with van der Waals surface area (Å²) in [6.07, 6.45) is 2.65. The van der Waals surface area contributed by atoms with E-state index in [9.17, 15) is 14.7 Å². The summed E-state index contributed by atoms with van der Waals surface area (Å²) >= 11 is 0. The predicted octanol–water partition coefficient (Wildman–Crippen LogP) is 4.72. The molecule has 5 rings (SSSR count). The highest BCUT2D eigenvalue weighted by atomic mass is 16.4. The first-order chi connectivity index (χ1) is 17.0. The van der Waals surface area contributed by atoms with Gasteiger partial charge in [-0.15, -0.1) is 0 Å². The van der Waals surface area contributed by atoms with Gasteiger partial charge >= 0.3 is 12.0 Å². The van der Waals surface area contributed by atoms with E-state index in [0.717, 1.165) is 47.4 Å². The topological polar surface area (TPSA) is 100 Å². The van der Waals surface area contributed by atoms with Crippen LogP contribution in [0.3, 0.4) is 0 Å². The number of urea groups is 1. The lowest BCUT2D eigenvalue weighted by Gasteiger charge is -2.26. The molecule has 1 fully saturated rings. The summed E-state index contributed by atoms with van der Waals surface area (Å²) < 4.78 is 2.12. The first kappa shape index (κ1) is 22.6. The summed E-state index contributed by atoms with van der Waals surface area (Å²) in [5.74, 6) is 0.637. The fraction of sp³-hybridized carbons (Fsp3) is 0.259. The fourth-order valence-electron chi connectivity index (χ4n) is 4.51. The minimum absolute atomic E-state index is 0.125. The van der Waals surface area contributed by atoms with Gasteiger partial charge in [0, 0.05) is 19.5 Å². The van der Waals surface area contributed by atoms with Crippen molar-refractivity contribution in [3.8, 4) is 11.1 Å². The third-order valence-electron chi connectivity index (χ3n) is 6.25. The maximum Gasteiger partial charge on any atom is 0.336 e. The van der Waals surface area contributed by atoms with Gasteiger partial charge < -0.3 is 15.0 Å². The van der Waals surface area contributed by atoms with E-state index in [0.29, 0.717) is 31.0 Å². The minimum atomic E-state index is -0.942. The number of anilines is 1. The minimum Gasteiger partial charge on any atom is -0.478 e. The number of hydrogen-bond acceptors (Lipinski definition) is 4. The van der Waals surface area contributed by atoms with Crippen molar-refractivity contribution in [3.05, 3.63) is 77.6 Å². The monoisotopic (exact) mass is 469 g/mol. The van der Waals surface area contributed by atoms with Crippen LogP contribution in [0.15, 0.2) is 60.7 Å². The van der Waals surface area contributed by atoms with E-state index in [1.165, 1.54) is 0 Å². The highest BCUT2D eigenvalue weighted by Crippen LogP contribution is 2.26. The summed E-state index contributed by atoms with van der Waals surface area (Å²) in [5.41, 5.74) is 4.45. The van der Waals surface area contributed by atoms with Gasteiger partial charge in [0.25, 0.3) is 0 Å². The van der Waals surface area contributed by atoms with Crippen molar-refractivity contribution in [2.75, 3.05) is 18.0 Å².